The van der Waals surface area contributed by atoms with Crippen molar-refractivity contribution in [1.29, 1.82) is 0 Å². The molecule has 0 saturated carbocycles. The molecule has 2 heterocycles. The van der Waals surface area contributed by atoms with Crippen molar-refractivity contribution in [3.8, 4) is 5.88 Å². The van der Waals surface area contributed by atoms with Crippen molar-refractivity contribution in [2.45, 2.75) is 31.7 Å². The van der Waals surface area contributed by atoms with Gasteiger partial charge >= 0.3 is 0 Å². The highest BCUT2D eigenvalue weighted by molar-refractivity contribution is 5.94. The van der Waals surface area contributed by atoms with Crippen LogP contribution in [0, 0.1) is 0 Å². The van der Waals surface area contributed by atoms with Gasteiger partial charge in [0.15, 0.2) is 0 Å². The summed E-state index contributed by atoms with van der Waals surface area (Å²) in [4.78, 5) is 31.1. The van der Waals surface area contributed by atoms with E-state index in [-0.39, 0.29) is 17.9 Å². The summed E-state index contributed by atoms with van der Waals surface area (Å²) in [6.07, 6.45) is 5.36. The number of aromatic nitrogens is 1. The zero-order chi connectivity index (χ0) is 19.1. The zero-order valence-corrected chi connectivity index (χ0v) is 15.6. The molecule has 2 aromatic rings. The molecule has 3 rings (SSSR count). The summed E-state index contributed by atoms with van der Waals surface area (Å²) in [7, 11) is 1.55. The number of hydrogen-bond donors (Lipinski definition) is 1. The Morgan fingerprint density at radius 2 is 1.96 bits per heavy atom. The Hall–Kier alpha value is -2.89. The maximum Gasteiger partial charge on any atom is 0.255 e. The fourth-order valence-corrected chi connectivity index (χ4v) is 3.41. The van der Waals surface area contributed by atoms with E-state index in [4.69, 9.17) is 4.74 Å². The van der Waals surface area contributed by atoms with Crippen molar-refractivity contribution in [3.05, 3.63) is 59.8 Å². The molecule has 6 heteroatoms. The van der Waals surface area contributed by atoms with Crippen molar-refractivity contribution in [3.63, 3.8) is 0 Å². The SMILES string of the molecule is COc1ccc(C(=O)N2CCCC[C@H]2CCNC(=O)c2ccccc2)cn1. The largest absolute Gasteiger partial charge is 0.481 e. The summed E-state index contributed by atoms with van der Waals surface area (Å²) in [5, 5.41) is 2.95. The highest BCUT2D eigenvalue weighted by Crippen LogP contribution is 2.22. The molecule has 1 saturated heterocycles. The third-order valence-corrected chi connectivity index (χ3v) is 4.88. The van der Waals surface area contributed by atoms with Gasteiger partial charge in [-0.2, -0.15) is 0 Å². The standard InChI is InChI=1S/C21H25N3O3/c1-27-19-11-10-17(15-23-19)21(26)24-14-6-5-9-18(24)12-13-22-20(25)16-7-3-2-4-8-16/h2-4,7-8,10-11,15,18H,5-6,9,12-14H2,1H3,(H,22,25)/t18-/m0/s1. The maximum atomic E-state index is 12.9. The Morgan fingerprint density at radius 3 is 2.67 bits per heavy atom. The summed E-state index contributed by atoms with van der Waals surface area (Å²) in [5.74, 6) is 0.401. The van der Waals surface area contributed by atoms with Crippen molar-refractivity contribution in [2.24, 2.45) is 0 Å². The van der Waals surface area contributed by atoms with Gasteiger partial charge < -0.3 is 15.0 Å². The highest BCUT2D eigenvalue weighted by Gasteiger charge is 2.27. The Labute approximate surface area is 159 Å². The molecule has 1 N–H and O–H groups in total. The number of carbonyl (C=O) groups excluding carboxylic acids is 2. The second kappa shape index (κ2) is 9.16. The number of piperidine rings is 1. The molecule has 0 unspecified atom stereocenters. The highest BCUT2D eigenvalue weighted by atomic mass is 16.5. The molecule has 0 aliphatic carbocycles. The summed E-state index contributed by atoms with van der Waals surface area (Å²) >= 11 is 0. The van der Waals surface area contributed by atoms with E-state index in [1.807, 2.05) is 23.1 Å². The number of nitrogens with one attached hydrogen (secondary N) is 1. The molecular weight excluding hydrogens is 342 g/mol. The molecule has 1 aromatic carbocycles. The Bertz CT molecular complexity index is 762. The van der Waals surface area contributed by atoms with Crippen LogP contribution in [0.1, 0.15) is 46.4 Å². The molecule has 6 nitrogen and oxygen atoms in total. The van der Waals surface area contributed by atoms with Gasteiger partial charge in [-0.15, -0.1) is 0 Å². The van der Waals surface area contributed by atoms with Gasteiger partial charge in [-0.1, -0.05) is 18.2 Å². The minimum Gasteiger partial charge on any atom is -0.481 e. The topological polar surface area (TPSA) is 71.5 Å². The van der Waals surface area contributed by atoms with E-state index in [1.165, 1.54) is 0 Å². The minimum absolute atomic E-state index is 0.00996. The van der Waals surface area contributed by atoms with E-state index in [1.54, 1.807) is 37.6 Å². The summed E-state index contributed by atoms with van der Waals surface area (Å²) in [6.45, 7) is 1.28. The van der Waals surface area contributed by atoms with Gasteiger partial charge in [0.25, 0.3) is 11.8 Å². The van der Waals surface area contributed by atoms with Crippen LogP contribution in [0.3, 0.4) is 0 Å². The average molecular weight is 367 g/mol. The van der Waals surface area contributed by atoms with E-state index in [0.29, 0.717) is 23.6 Å². The van der Waals surface area contributed by atoms with Gasteiger partial charge in [0.1, 0.15) is 0 Å². The van der Waals surface area contributed by atoms with E-state index in [9.17, 15) is 9.59 Å². The van der Waals surface area contributed by atoms with Crippen LogP contribution in [-0.2, 0) is 0 Å². The fraction of sp³-hybridized carbons (Fsp3) is 0.381. The van der Waals surface area contributed by atoms with E-state index in [2.05, 4.69) is 10.3 Å². The predicted molar refractivity (Wildman–Crippen MR) is 103 cm³/mol. The lowest BCUT2D eigenvalue weighted by Gasteiger charge is -2.36. The number of benzene rings is 1. The number of rotatable bonds is 6. The number of hydrogen-bond acceptors (Lipinski definition) is 4. The number of likely N-dealkylation sites (tertiary alicyclic amines) is 1. The monoisotopic (exact) mass is 367 g/mol. The summed E-state index contributed by atoms with van der Waals surface area (Å²) in [6, 6.07) is 12.7. The van der Waals surface area contributed by atoms with Gasteiger partial charge in [-0.3, -0.25) is 9.59 Å². The van der Waals surface area contributed by atoms with E-state index in [0.717, 1.165) is 32.2 Å². The fourth-order valence-electron chi connectivity index (χ4n) is 3.41. The Kier molecular flexibility index (Phi) is 6.41. The molecule has 0 radical (unpaired) electrons. The van der Waals surface area contributed by atoms with Crippen LogP contribution in [-0.4, -0.2) is 47.9 Å². The molecule has 142 valence electrons. The summed E-state index contributed by atoms with van der Waals surface area (Å²) < 4.78 is 5.05. The van der Waals surface area contributed by atoms with E-state index >= 15 is 0 Å². The molecule has 1 atom stereocenters. The van der Waals surface area contributed by atoms with Crippen molar-refractivity contribution in [1.82, 2.24) is 15.2 Å². The van der Waals surface area contributed by atoms with Crippen LogP contribution in [0.5, 0.6) is 5.88 Å². The Morgan fingerprint density at radius 1 is 1.15 bits per heavy atom. The van der Waals surface area contributed by atoms with Crippen LogP contribution in [0.4, 0.5) is 0 Å². The van der Waals surface area contributed by atoms with Gasteiger partial charge in [0, 0.05) is 37.0 Å². The number of amides is 2. The lowest BCUT2D eigenvalue weighted by Crippen LogP contribution is -2.45. The molecule has 1 fully saturated rings. The molecular formula is C21H25N3O3. The number of methoxy groups -OCH3 is 1. The smallest absolute Gasteiger partial charge is 0.255 e. The van der Waals surface area contributed by atoms with Crippen LogP contribution in [0.15, 0.2) is 48.7 Å². The van der Waals surface area contributed by atoms with Crippen molar-refractivity contribution in [2.75, 3.05) is 20.2 Å². The second-order valence-corrected chi connectivity index (χ2v) is 6.65. The molecule has 0 bridgehead atoms. The lowest BCUT2D eigenvalue weighted by atomic mass is 9.98. The summed E-state index contributed by atoms with van der Waals surface area (Å²) in [5.41, 5.74) is 1.22. The maximum absolute atomic E-state index is 12.9. The van der Waals surface area contributed by atoms with Gasteiger partial charge in [0.2, 0.25) is 5.88 Å². The first-order chi connectivity index (χ1) is 13.2. The predicted octanol–water partition coefficient (Wildman–Crippen LogP) is 2.91. The van der Waals surface area contributed by atoms with Gasteiger partial charge in [0.05, 0.1) is 12.7 Å². The van der Waals surface area contributed by atoms with E-state index < -0.39 is 0 Å². The lowest BCUT2D eigenvalue weighted by molar-refractivity contribution is 0.0601. The molecule has 0 spiro atoms. The third kappa shape index (κ3) is 4.84. The number of ether oxygens (including phenoxy) is 1. The third-order valence-electron chi connectivity index (χ3n) is 4.88. The molecule has 27 heavy (non-hydrogen) atoms. The molecule has 1 aliphatic rings. The number of pyridine rings is 1. The quantitative estimate of drug-likeness (QED) is 0.852. The van der Waals surface area contributed by atoms with Crippen LogP contribution in [0.25, 0.3) is 0 Å². The number of carbonyl (C=O) groups is 2. The molecule has 1 aromatic heterocycles. The Balaban J connectivity index is 1.58. The second-order valence-electron chi connectivity index (χ2n) is 6.65. The normalized spacial score (nSPS) is 16.6. The number of nitrogens with zero attached hydrogens (tertiary/aromatic N) is 2. The van der Waals surface area contributed by atoms with Crippen LogP contribution < -0.4 is 10.1 Å². The van der Waals surface area contributed by atoms with Crippen LogP contribution >= 0.6 is 0 Å². The molecule has 2 amide bonds. The first-order valence-corrected chi connectivity index (χ1v) is 9.33. The van der Waals surface area contributed by atoms with Gasteiger partial charge in [-0.25, -0.2) is 4.98 Å². The first-order valence-electron chi connectivity index (χ1n) is 9.33. The van der Waals surface area contributed by atoms with Crippen LogP contribution in [0.2, 0.25) is 0 Å². The first kappa shape index (κ1) is 18.9. The zero-order valence-electron chi connectivity index (χ0n) is 15.6. The van der Waals surface area contributed by atoms with Crippen molar-refractivity contribution >= 4 is 11.8 Å². The van der Waals surface area contributed by atoms with Gasteiger partial charge in [-0.05, 0) is 43.9 Å². The molecule has 1 aliphatic heterocycles. The van der Waals surface area contributed by atoms with Crippen molar-refractivity contribution < 1.29 is 14.3 Å². The average Bonchev–Trinajstić information content (AvgIpc) is 2.74. The minimum atomic E-state index is -0.0800.